The van der Waals surface area contributed by atoms with E-state index in [1.165, 1.54) is 6.07 Å². The second kappa shape index (κ2) is 8.88. The first-order valence-electron chi connectivity index (χ1n) is 12.1. The highest BCUT2D eigenvalue weighted by Crippen LogP contribution is 2.45. The Morgan fingerprint density at radius 3 is 2.74 bits per heavy atom. The molecule has 0 radical (unpaired) electrons. The zero-order chi connectivity index (χ0) is 23.9. The summed E-state index contributed by atoms with van der Waals surface area (Å²) in [5.74, 6) is 0.908. The number of nitrogens with zero attached hydrogens (tertiary/aromatic N) is 2. The molecule has 0 saturated carbocycles. The standard InChI is InChI=1S/C29H32FN3O/c1-19(2)27-24-12-11-22(30)17-20(24)13-14-29(27,34)15-16-33(3)23-8-6-7-21(18-23)28-31-25-9-4-5-10-26(25)32-28/h4-12,17-19,27,34H,13-16H2,1-3H3,(H,31,32)/t27-,29-/m0/s1. The molecule has 176 valence electrons. The summed E-state index contributed by atoms with van der Waals surface area (Å²) in [5, 5.41) is 11.8. The number of para-hydroxylation sites is 2. The van der Waals surface area contributed by atoms with Crippen molar-refractivity contribution in [3.63, 3.8) is 0 Å². The van der Waals surface area contributed by atoms with E-state index < -0.39 is 5.60 Å². The second-order valence-corrected chi connectivity index (χ2v) is 9.99. The maximum Gasteiger partial charge on any atom is 0.138 e. The lowest BCUT2D eigenvalue weighted by Gasteiger charge is -2.44. The minimum atomic E-state index is -0.816. The Morgan fingerprint density at radius 1 is 1.12 bits per heavy atom. The number of hydrogen-bond donors (Lipinski definition) is 2. The van der Waals surface area contributed by atoms with Crippen molar-refractivity contribution in [2.45, 2.75) is 44.6 Å². The van der Waals surface area contributed by atoms with Crippen LogP contribution in [0.5, 0.6) is 0 Å². The van der Waals surface area contributed by atoms with E-state index in [0.717, 1.165) is 45.8 Å². The third kappa shape index (κ3) is 4.21. The summed E-state index contributed by atoms with van der Waals surface area (Å²) >= 11 is 0. The van der Waals surface area contributed by atoms with E-state index in [4.69, 9.17) is 4.98 Å². The number of aryl methyl sites for hydroxylation is 1. The van der Waals surface area contributed by atoms with Gasteiger partial charge in [-0.3, -0.25) is 0 Å². The zero-order valence-corrected chi connectivity index (χ0v) is 20.1. The van der Waals surface area contributed by atoms with Crippen molar-refractivity contribution < 1.29 is 9.50 Å². The van der Waals surface area contributed by atoms with Gasteiger partial charge in [-0.15, -0.1) is 0 Å². The van der Waals surface area contributed by atoms with E-state index in [0.29, 0.717) is 19.3 Å². The van der Waals surface area contributed by atoms with Crippen LogP contribution in [0.1, 0.15) is 43.7 Å². The number of aliphatic hydroxyl groups is 1. The molecule has 5 rings (SSSR count). The summed E-state index contributed by atoms with van der Waals surface area (Å²) in [6, 6.07) is 21.4. The minimum absolute atomic E-state index is 0.00728. The Hall–Kier alpha value is -3.18. The minimum Gasteiger partial charge on any atom is -0.389 e. The molecule has 0 aliphatic heterocycles. The normalized spacial score (nSPS) is 20.0. The van der Waals surface area contributed by atoms with Crippen LogP contribution in [0.15, 0.2) is 66.7 Å². The molecule has 5 heteroatoms. The summed E-state index contributed by atoms with van der Waals surface area (Å²) in [5.41, 5.74) is 5.42. The molecule has 4 nitrogen and oxygen atoms in total. The van der Waals surface area contributed by atoms with Crippen molar-refractivity contribution in [1.29, 1.82) is 0 Å². The van der Waals surface area contributed by atoms with E-state index >= 15 is 0 Å². The summed E-state index contributed by atoms with van der Waals surface area (Å²) in [6.07, 6.45) is 2.01. The molecule has 4 aromatic rings. The number of anilines is 1. The molecule has 1 heterocycles. The number of H-pyrrole nitrogens is 1. The van der Waals surface area contributed by atoms with E-state index in [1.54, 1.807) is 6.07 Å². The molecule has 0 fully saturated rings. The van der Waals surface area contributed by atoms with Crippen LogP contribution in [0.2, 0.25) is 0 Å². The maximum absolute atomic E-state index is 13.8. The van der Waals surface area contributed by atoms with Crippen LogP contribution in [0.25, 0.3) is 22.4 Å². The molecule has 0 bridgehead atoms. The molecule has 0 saturated heterocycles. The fourth-order valence-corrected chi connectivity index (χ4v) is 5.62. The fraction of sp³-hybridized carbons (Fsp3) is 0.345. The van der Waals surface area contributed by atoms with Crippen molar-refractivity contribution in [3.8, 4) is 11.4 Å². The largest absolute Gasteiger partial charge is 0.389 e. The van der Waals surface area contributed by atoms with Crippen LogP contribution < -0.4 is 4.90 Å². The first-order valence-corrected chi connectivity index (χ1v) is 12.1. The topological polar surface area (TPSA) is 52.1 Å². The summed E-state index contributed by atoms with van der Waals surface area (Å²) in [6.45, 7) is 5.02. The molecule has 0 spiro atoms. The van der Waals surface area contributed by atoms with Crippen LogP contribution >= 0.6 is 0 Å². The highest BCUT2D eigenvalue weighted by Gasteiger charge is 2.43. The molecule has 2 N–H and O–H groups in total. The van der Waals surface area contributed by atoms with Gasteiger partial charge in [-0.1, -0.05) is 44.2 Å². The Morgan fingerprint density at radius 2 is 1.94 bits per heavy atom. The maximum atomic E-state index is 13.8. The Kier molecular flexibility index (Phi) is 5.90. The number of imidazole rings is 1. The molecule has 2 atom stereocenters. The lowest BCUT2D eigenvalue weighted by molar-refractivity contribution is -0.0227. The molecular weight excluding hydrogens is 425 g/mol. The van der Waals surface area contributed by atoms with Crippen LogP contribution in [0.4, 0.5) is 10.1 Å². The SMILES string of the molecule is CC(C)[C@H]1c2ccc(F)cc2CC[C@]1(O)CCN(C)c1cccc(-c2nc3ccccc3[nH]2)c1. The van der Waals surface area contributed by atoms with Gasteiger partial charge in [0.05, 0.1) is 16.6 Å². The monoisotopic (exact) mass is 457 g/mol. The number of rotatable bonds is 6. The molecular formula is C29H32FN3O. The Bertz CT molecular complexity index is 1280. The molecule has 1 aliphatic rings. The van der Waals surface area contributed by atoms with Crippen molar-refractivity contribution >= 4 is 16.7 Å². The van der Waals surface area contributed by atoms with Gasteiger partial charge in [0.2, 0.25) is 0 Å². The summed E-state index contributed by atoms with van der Waals surface area (Å²) in [7, 11) is 2.07. The van der Waals surface area contributed by atoms with Gasteiger partial charge in [0.25, 0.3) is 0 Å². The highest BCUT2D eigenvalue weighted by molar-refractivity contribution is 5.79. The van der Waals surface area contributed by atoms with Crippen molar-refractivity contribution in [1.82, 2.24) is 9.97 Å². The van der Waals surface area contributed by atoms with Crippen molar-refractivity contribution in [2.24, 2.45) is 5.92 Å². The van der Waals surface area contributed by atoms with Gasteiger partial charge in [0.15, 0.2) is 0 Å². The number of halogens is 1. The van der Waals surface area contributed by atoms with Gasteiger partial charge >= 0.3 is 0 Å². The smallest absolute Gasteiger partial charge is 0.138 e. The molecule has 1 aliphatic carbocycles. The Balaban J connectivity index is 1.35. The predicted octanol–water partition coefficient (Wildman–Crippen LogP) is 6.31. The van der Waals surface area contributed by atoms with E-state index in [-0.39, 0.29) is 17.7 Å². The zero-order valence-electron chi connectivity index (χ0n) is 20.1. The van der Waals surface area contributed by atoms with E-state index in [1.807, 2.05) is 36.4 Å². The van der Waals surface area contributed by atoms with Gasteiger partial charge in [-0.2, -0.15) is 0 Å². The molecule has 3 aromatic carbocycles. The van der Waals surface area contributed by atoms with E-state index in [9.17, 15) is 9.50 Å². The number of nitrogens with one attached hydrogen (secondary N) is 1. The van der Waals surface area contributed by atoms with Crippen molar-refractivity contribution in [2.75, 3.05) is 18.5 Å². The predicted molar refractivity (Wildman–Crippen MR) is 137 cm³/mol. The molecule has 34 heavy (non-hydrogen) atoms. The average Bonchev–Trinajstić information content (AvgIpc) is 3.27. The highest BCUT2D eigenvalue weighted by atomic mass is 19.1. The first-order chi connectivity index (χ1) is 16.3. The molecule has 0 amide bonds. The molecule has 1 aromatic heterocycles. The van der Waals surface area contributed by atoms with Gasteiger partial charge in [-0.05, 0) is 72.7 Å². The van der Waals surface area contributed by atoms with Crippen LogP contribution in [-0.2, 0) is 6.42 Å². The first kappa shape index (κ1) is 22.6. The van der Waals surface area contributed by atoms with Gasteiger partial charge in [0.1, 0.15) is 11.6 Å². The third-order valence-corrected chi connectivity index (χ3v) is 7.34. The number of aromatic amines is 1. The quantitative estimate of drug-likeness (QED) is 0.357. The van der Waals surface area contributed by atoms with Crippen molar-refractivity contribution in [3.05, 3.63) is 83.7 Å². The second-order valence-electron chi connectivity index (χ2n) is 9.99. The number of fused-ring (bicyclic) bond motifs is 2. The third-order valence-electron chi connectivity index (χ3n) is 7.34. The lowest BCUT2D eigenvalue weighted by atomic mass is 9.66. The summed E-state index contributed by atoms with van der Waals surface area (Å²) < 4.78 is 13.8. The lowest BCUT2D eigenvalue weighted by Crippen LogP contribution is -2.45. The Labute approximate surface area is 200 Å². The average molecular weight is 458 g/mol. The fourth-order valence-electron chi connectivity index (χ4n) is 5.62. The van der Waals surface area contributed by atoms with Crippen LogP contribution in [-0.4, -0.2) is 34.3 Å². The van der Waals surface area contributed by atoms with Gasteiger partial charge in [0, 0.05) is 30.8 Å². The van der Waals surface area contributed by atoms with Gasteiger partial charge < -0.3 is 15.0 Å². The molecule has 0 unspecified atom stereocenters. The summed E-state index contributed by atoms with van der Waals surface area (Å²) in [4.78, 5) is 10.3. The van der Waals surface area contributed by atoms with Crippen LogP contribution in [0.3, 0.4) is 0 Å². The number of benzene rings is 3. The van der Waals surface area contributed by atoms with Crippen LogP contribution in [0, 0.1) is 11.7 Å². The number of hydrogen-bond acceptors (Lipinski definition) is 3. The number of aromatic nitrogens is 2. The van der Waals surface area contributed by atoms with E-state index in [2.05, 4.69) is 49.0 Å². The van der Waals surface area contributed by atoms with Gasteiger partial charge in [-0.25, -0.2) is 9.37 Å².